The maximum Gasteiger partial charge on any atom is 0.274 e. The van der Waals surface area contributed by atoms with Crippen molar-refractivity contribution < 1.29 is 4.79 Å². The fraction of sp³-hybridized carbons (Fsp3) is 0.688. The predicted octanol–water partition coefficient (Wildman–Crippen LogP) is 2.70. The monoisotopic (exact) mass is 288 g/mol. The summed E-state index contributed by atoms with van der Waals surface area (Å²) in [7, 11) is 0. The topological polar surface area (TPSA) is 58.1 Å². The lowest BCUT2D eigenvalue weighted by Gasteiger charge is -2.29. The van der Waals surface area contributed by atoms with Gasteiger partial charge in [0, 0.05) is 19.1 Å². The molecular weight excluding hydrogens is 264 g/mol. The van der Waals surface area contributed by atoms with Crippen LogP contribution in [0.25, 0.3) is 0 Å². The number of rotatable bonds is 4. The zero-order chi connectivity index (χ0) is 14.7. The summed E-state index contributed by atoms with van der Waals surface area (Å²) in [5, 5.41) is 3.10. The van der Waals surface area contributed by atoms with Gasteiger partial charge in [0.25, 0.3) is 5.91 Å². The third-order valence-electron chi connectivity index (χ3n) is 4.73. The van der Waals surface area contributed by atoms with Gasteiger partial charge in [0.05, 0.1) is 12.4 Å². The van der Waals surface area contributed by atoms with Crippen molar-refractivity contribution in [3.05, 3.63) is 18.1 Å². The van der Waals surface area contributed by atoms with Gasteiger partial charge in [0.2, 0.25) is 0 Å². The summed E-state index contributed by atoms with van der Waals surface area (Å²) in [6, 6.07) is 0.426. The molecule has 3 rings (SSSR count). The number of anilines is 1. The first-order valence-corrected chi connectivity index (χ1v) is 8.16. The number of hydrogen-bond acceptors (Lipinski definition) is 4. The predicted molar refractivity (Wildman–Crippen MR) is 82.2 cm³/mol. The standard InChI is InChI=1S/C16H24N4O/c1-2-17-15-11-18-13(10-19-15)16(21)20-9-5-8-14(20)12-6-3-4-7-12/h10-12,14H,2-9H2,1H3,(H,17,19). The van der Waals surface area contributed by atoms with E-state index in [1.807, 2.05) is 11.8 Å². The van der Waals surface area contributed by atoms with E-state index in [1.165, 1.54) is 25.7 Å². The largest absolute Gasteiger partial charge is 0.369 e. The molecule has 1 saturated carbocycles. The zero-order valence-corrected chi connectivity index (χ0v) is 12.7. The quantitative estimate of drug-likeness (QED) is 0.925. The Morgan fingerprint density at radius 3 is 2.71 bits per heavy atom. The van der Waals surface area contributed by atoms with Crippen LogP contribution in [-0.4, -0.2) is 39.9 Å². The van der Waals surface area contributed by atoms with Crippen molar-refractivity contribution >= 4 is 11.7 Å². The van der Waals surface area contributed by atoms with Crippen LogP contribution in [0.15, 0.2) is 12.4 Å². The van der Waals surface area contributed by atoms with Gasteiger partial charge in [-0.2, -0.15) is 0 Å². The van der Waals surface area contributed by atoms with Crippen LogP contribution in [-0.2, 0) is 0 Å². The number of aromatic nitrogens is 2. The Hall–Kier alpha value is -1.65. The molecule has 0 radical (unpaired) electrons. The van der Waals surface area contributed by atoms with Crippen LogP contribution in [0.5, 0.6) is 0 Å². The Labute approximate surface area is 126 Å². The second kappa shape index (κ2) is 6.41. The molecule has 114 valence electrons. The van der Waals surface area contributed by atoms with Crippen LogP contribution < -0.4 is 5.32 Å². The average Bonchev–Trinajstić information content (AvgIpc) is 3.18. The number of carbonyl (C=O) groups excluding carboxylic acids is 1. The molecule has 1 aliphatic heterocycles. The summed E-state index contributed by atoms with van der Waals surface area (Å²) in [6.07, 6.45) is 10.7. The van der Waals surface area contributed by atoms with Gasteiger partial charge in [-0.1, -0.05) is 12.8 Å². The lowest BCUT2D eigenvalue weighted by molar-refractivity contribution is 0.0682. The Kier molecular flexibility index (Phi) is 4.36. The second-order valence-corrected chi connectivity index (χ2v) is 6.07. The molecule has 0 aromatic carbocycles. The van der Waals surface area contributed by atoms with Crippen molar-refractivity contribution in [1.82, 2.24) is 14.9 Å². The lowest BCUT2D eigenvalue weighted by Crippen LogP contribution is -2.39. The highest BCUT2D eigenvalue weighted by atomic mass is 16.2. The van der Waals surface area contributed by atoms with Crippen LogP contribution in [0.2, 0.25) is 0 Å². The molecular formula is C16H24N4O. The molecule has 1 aromatic heterocycles. The molecule has 0 spiro atoms. The first kappa shape index (κ1) is 14.3. The number of amides is 1. The maximum atomic E-state index is 12.7. The van der Waals surface area contributed by atoms with Crippen molar-refractivity contribution in [2.75, 3.05) is 18.4 Å². The van der Waals surface area contributed by atoms with Crippen LogP contribution in [0.4, 0.5) is 5.82 Å². The first-order chi connectivity index (χ1) is 10.3. The van der Waals surface area contributed by atoms with Crippen LogP contribution in [0.1, 0.15) is 55.9 Å². The van der Waals surface area contributed by atoms with E-state index in [0.717, 1.165) is 31.7 Å². The molecule has 5 heteroatoms. The molecule has 21 heavy (non-hydrogen) atoms. The highest BCUT2D eigenvalue weighted by Crippen LogP contribution is 2.35. The number of likely N-dealkylation sites (tertiary alicyclic amines) is 1. The smallest absolute Gasteiger partial charge is 0.274 e. The number of nitrogens with one attached hydrogen (secondary N) is 1. The minimum Gasteiger partial charge on any atom is -0.369 e. The summed E-state index contributed by atoms with van der Waals surface area (Å²) in [5.41, 5.74) is 0.474. The van der Waals surface area contributed by atoms with Crippen molar-refractivity contribution in [1.29, 1.82) is 0 Å². The van der Waals surface area contributed by atoms with Crippen molar-refractivity contribution in [3.8, 4) is 0 Å². The normalized spacial score (nSPS) is 22.7. The fourth-order valence-corrected chi connectivity index (χ4v) is 3.73. The number of carbonyl (C=O) groups is 1. The minimum atomic E-state index is 0.0555. The van der Waals surface area contributed by atoms with Gasteiger partial charge < -0.3 is 10.2 Å². The molecule has 2 heterocycles. The van der Waals surface area contributed by atoms with Gasteiger partial charge >= 0.3 is 0 Å². The fourth-order valence-electron chi connectivity index (χ4n) is 3.73. The lowest BCUT2D eigenvalue weighted by atomic mass is 9.96. The van der Waals surface area contributed by atoms with Crippen LogP contribution in [0, 0.1) is 5.92 Å². The SMILES string of the molecule is CCNc1cnc(C(=O)N2CCCC2C2CCCC2)cn1. The van der Waals surface area contributed by atoms with Gasteiger partial charge in [-0.15, -0.1) is 0 Å². The van der Waals surface area contributed by atoms with Crippen molar-refractivity contribution in [2.45, 2.75) is 51.5 Å². The molecule has 1 aliphatic carbocycles. The average molecular weight is 288 g/mol. The highest BCUT2D eigenvalue weighted by molar-refractivity contribution is 5.92. The minimum absolute atomic E-state index is 0.0555. The number of nitrogens with zero attached hydrogens (tertiary/aromatic N) is 3. The van der Waals surface area contributed by atoms with E-state index in [4.69, 9.17) is 0 Å². The molecule has 5 nitrogen and oxygen atoms in total. The van der Waals surface area contributed by atoms with Crippen LogP contribution >= 0.6 is 0 Å². The Morgan fingerprint density at radius 2 is 2.05 bits per heavy atom. The van der Waals surface area contributed by atoms with Gasteiger partial charge in [-0.3, -0.25) is 4.79 Å². The van der Waals surface area contributed by atoms with Gasteiger partial charge in [-0.05, 0) is 38.5 Å². The molecule has 2 fully saturated rings. The van der Waals surface area contributed by atoms with E-state index < -0.39 is 0 Å². The second-order valence-electron chi connectivity index (χ2n) is 6.07. The summed E-state index contributed by atoms with van der Waals surface area (Å²) in [6.45, 7) is 3.69. The third kappa shape index (κ3) is 3.01. The molecule has 1 aromatic rings. The highest BCUT2D eigenvalue weighted by Gasteiger charge is 2.36. The van der Waals surface area contributed by atoms with Gasteiger partial charge in [-0.25, -0.2) is 9.97 Å². The molecule has 1 saturated heterocycles. The van der Waals surface area contributed by atoms with E-state index in [1.54, 1.807) is 12.4 Å². The van der Waals surface area contributed by atoms with E-state index in [-0.39, 0.29) is 5.91 Å². The van der Waals surface area contributed by atoms with E-state index in [0.29, 0.717) is 17.7 Å². The summed E-state index contributed by atoms with van der Waals surface area (Å²) in [5.74, 6) is 1.48. The van der Waals surface area contributed by atoms with E-state index >= 15 is 0 Å². The maximum absolute atomic E-state index is 12.7. The molecule has 0 bridgehead atoms. The van der Waals surface area contributed by atoms with Crippen LogP contribution in [0.3, 0.4) is 0 Å². The number of hydrogen-bond donors (Lipinski definition) is 1. The Bertz CT molecular complexity index is 482. The molecule has 1 unspecified atom stereocenters. The van der Waals surface area contributed by atoms with Crippen molar-refractivity contribution in [3.63, 3.8) is 0 Å². The first-order valence-electron chi connectivity index (χ1n) is 8.16. The molecule has 1 amide bonds. The Morgan fingerprint density at radius 1 is 1.24 bits per heavy atom. The van der Waals surface area contributed by atoms with E-state index in [9.17, 15) is 4.79 Å². The summed E-state index contributed by atoms with van der Waals surface area (Å²) < 4.78 is 0. The summed E-state index contributed by atoms with van der Waals surface area (Å²) in [4.78, 5) is 23.3. The van der Waals surface area contributed by atoms with Gasteiger partial charge in [0.15, 0.2) is 0 Å². The molecule has 2 aliphatic rings. The third-order valence-corrected chi connectivity index (χ3v) is 4.73. The summed E-state index contributed by atoms with van der Waals surface area (Å²) >= 11 is 0. The van der Waals surface area contributed by atoms with E-state index in [2.05, 4.69) is 15.3 Å². The molecule has 1 atom stereocenters. The molecule has 1 N–H and O–H groups in total. The Balaban J connectivity index is 1.71. The van der Waals surface area contributed by atoms with Crippen molar-refractivity contribution in [2.24, 2.45) is 5.92 Å². The van der Waals surface area contributed by atoms with Gasteiger partial charge in [0.1, 0.15) is 11.5 Å². The zero-order valence-electron chi connectivity index (χ0n) is 12.7.